The molecule has 0 saturated heterocycles. The molecule has 0 radical (unpaired) electrons. The molecule has 1 heterocycles. The second-order valence-electron chi connectivity index (χ2n) is 6.86. The molecule has 1 rings (SSSR count). The zero-order valence-electron chi connectivity index (χ0n) is 15.3. The van der Waals surface area contributed by atoms with E-state index in [4.69, 9.17) is 0 Å². The average molecular weight is 313 g/mol. The van der Waals surface area contributed by atoms with Crippen molar-refractivity contribution in [2.24, 2.45) is 7.05 Å². The molecule has 5 heteroatoms. The van der Waals surface area contributed by atoms with Crippen molar-refractivity contribution in [2.75, 3.05) is 0 Å². The van der Waals surface area contributed by atoms with Gasteiger partial charge in [0.25, 0.3) is 8.37 Å². The highest BCUT2D eigenvalue weighted by molar-refractivity contribution is 7.51. The Morgan fingerprint density at radius 1 is 0.810 bits per heavy atom. The molecule has 0 aliphatic heterocycles. The lowest BCUT2D eigenvalue weighted by Gasteiger charge is -2.43. The molecule has 0 N–H and O–H groups in total. The summed E-state index contributed by atoms with van der Waals surface area (Å²) in [6.07, 6.45) is 6.55. The summed E-state index contributed by atoms with van der Waals surface area (Å²) in [5.74, 6) is 0. The van der Waals surface area contributed by atoms with Gasteiger partial charge in [0.05, 0.1) is 7.05 Å². The molecule has 4 nitrogen and oxygen atoms in total. The van der Waals surface area contributed by atoms with Gasteiger partial charge in [-0.05, 0) is 55.4 Å². The third-order valence-corrected chi connectivity index (χ3v) is 6.81. The number of imidazole rings is 1. The lowest BCUT2D eigenvalue weighted by Crippen LogP contribution is -2.44. The highest BCUT2D eigenvalue weighted by Crippen LogP contribution is 2.50. The van der Waals surface area contributed by atoms with Crippen LogP contribution in [-0.2, 0) is 7.05 Å². The van der Waals surface area contributed by atoms with Crippen molar-refractivity contribution in [1.29, 1.82) is 0 Å². The van der Waals surface area contributed by atoms with E-state index in [1.165, 1.54) is 0 Å². The summed E-state index contributed by atoms with van der Waals surface area (Å²) < 4.78 is 9.83. The van der Waals surface area contributed by atoms with Gasteiger partial charge in [-0.3, -0.25) is 0 Å². The number of aromatic nitrogens is 2. The fraction of sp³-hybridized carbons (Fsp3) is 0.812. The van der Waals surface area contributed by atoms with Crippen molar-refractivity contribution >= 4 is 8.37 Å². The van der Waals surface area contributed by atoms with Gasteiger partial charge in [-0.15, -0.1) is 0 Å². The van der Waals surface area contributed by atoms with E-state index < -0.39 is 8.37 Å². The van der Waals surface area contributed by atoms with Gasteiger partial charge in [0.1, 0.15) is 12.4 Å². The Morgan fingerprint density at radius 3 is 1.43 bits per heavy atom. The zero-order valence-corrected chi connectivity index (χ0v) is 16.2. The predicted octanol–water partition coefficient (Wildman–Crippen LogP) is 3.63. The van der Waals surface area contributed by atoms with Crippen molar-refractivity contribution < 1.29 is 4.57 Å². The quantitative estimate of drug-likeness (QED) is 0.564. The largest absolute Gasteiger partial charge is 0.258 e. The van der Waals surface area contributed by atoms with Crippen LogP contribution in [0.15, 0.2) is 18.7 Å². The Morgan fingerprint density at radius 2 is 1.19 bits per heavy atom. The van der Waals surface area contributed by atoms with E-state index in [1.807, 2.05) is 0 Å². The van der Waals surface area contributed by atoms with Crippen LogP contribution >= 0.6 is 8.37 Å². The second kappa shape index (κ2) is 7.71. The summed E-state index contributed by atoms with van der Waals surface area (Å²) >= 11 is 0. The lowest BCUT2D eigenvalue weighted by atomic mass is 10.3. The number of hydrogen-bond acceptors (Lipinski definition) is 2. The van der Waals surface area contributed by atoms with Crippen molar-refractivity contribution in [3.05, 3.63) is 18.7 Å². The molecule has 0 atom stereocenters. The predicted molar refractivity (Wildman–Crippen MR) is 92.1 cm³/mol. The Bertz CT molecular complexity index is 390. The van der Waals surface area contributed by atoms with Crippen molar-refractivity contribution in [2.45, 2.75) is 79.6 Å². The Kier molecular flexibility index (Phi) is 6.83. The maximum absolute atomic E-state index is 2.65. The van der Waals surface area contributed by atoms with E-state index >= 15 is 0 Å². The Labute approximate surface area is 132 Å². The average Bonchev–Trinajstić information content (AvgIpc) is 2.72. The molecule has 0 amide bonds. The summed E-state index contributed by atoms with van der Waals surface area (Å²) in [4.78, 5) is 0. The SMILES string of the molecule is CC(C)N(C(C)C)P(N(C(C)C)C(C)C)n1cc[n+](C)c1. The first-order valence-electron chi connectivity index (χ1n) is 8.06. The van der Waals surface area contributed by atoms with Crippen LogP contribution in [0.25, 0.3) is 0 Å². The highest BCUT2D eigenvalue weighted by Gasteiger charge is 2.38. The fourth-order valence-corrected chi connectivity index (χ4v) is 5.72. The van der Waals surface area contributed by atoms with Crippen molar-refractivity contribution in [3.63, 3.8) is 0 Å². The monoisotopic (exact) mass is 313 g/mol. The minimum absolute atomic E-state index is 0.517. The van der Waals surface area contributed by atoms with E-state index in [1.54, 1.807) is 0 Å². The standard InChI is InChI=1S/C16H34N4P/c1-13(2)19(14(3)4)21(18-11-10-17(9)12-18)20(15(5)6)16(7)8/h10-16H,1-9H3/q+1. The van der Waals surface area contributed by atoms with Gasteiger partial charge >= 0.3 is 0 Å². The molecule has 0 aliphatic rings. The van der Waals surface area contributed by atoms with Crippen LogP contribution in [0, 0.1) is 0 Å². The van der Waals surface area contributed by atoms with Gasteiger partial charge in [0, 0.05) is 24.2 Å². The maximum Gasteiger partial charge on any atom is 0.258 e. The van der Waals surface area contributed by atoms with Crippen LogP contribution in [0.3, 0.4) is 0 Å². The van der Waals surface area contributed by atoms with Crippen LogP contribution in [0.2, 0.25) is 0 Å². The molecule has 0 aromatic carbocycles. The third-order valence-electron chi connectivity index (χ3n) is 3.49. The van der Waals surface area contributed by atoms with Gasteiger partial charge in [-0.1, -0.05) is 0 Å². The molecule has 0 saturated carbocycles. The number of aryl methyl sites for hydroxylation is 1. The van der Waals surface area contributed by atoms with E-state index in [9.17, 15) is 0 Å². The summed E-state index contributed by atoms with van der Waals surface area (Å²) in [7, 11) is 1.53. The lowest BCUT2D eigenvalue weighted by molar-refractivity contribution is -0.670. The Hall–Kier alpha value is -0.440. The molecular weight excluding hydrogens is 279 g/mol. The number of hydrogen-bond donors (Lipinski definition) is 0. The maximum atomic E-state index is 2.65. The molecule has 21 heavy (non-hydrogen) atoms. The van der Waals surface area contributed by atoms with Gasteiger partial charge in [-0.2, -0.15) is 4.34 Å². The Balaban J connectivity index is 3.33. The second-order valence-corrected chi connectivity index (χ2v) is 8.78. The first-order chi connectivity index (χ1) is 9.66. The topological polar surface area (TPSA) is 15.3 Å². The molecular formula is C16H34N4P+. The van der Waals surface area contributed by atoms with Gasteiger partial charge < -0.3 is 0 Å². The minimum atomic E-state index is -0.557. The van der Waals surface area contributed by atoms with Gasteiger partial charge in [0.2, 0.25) is 6.33 Å². The summed E-state index contributed by atoms with van der Waals surface area (Å²) in [5.41, 5.74) is 0. The number of rotatable bonds is 7. The molecule has 1 aromatic heterocycles. The summed E-state index contributed by atoms with van der Waals surface area (Å²) in [6.45, 7) is 18.4. The summed E-state index contributed by atoms with van der Waals surface area (Å²) in [6, 6.07) is 2.07. The van der Waals surface area contributed by atoms with Crippen molar-refractivity contribution in [3.8, 4) is 0 Å². The van der Waals surface area contributed by atoms with Crippen LogP contribution in [0.4, 0.5) is 0 Å². The first kappa shape index (κ1) is 18.6. The number of nitrogens with zero attached hydrogens (tertiary/aromatic N) is 4. The smallest absolute Gasteiger partial charge is 0.239 e. The third kappa shape index (κ3) is 4.51. The normalized spacial score (nSPS) is 13.1. The van der Waals surface area contributed by atoms with Crippen molar-refractivity contribution in [1.82, 2.24) is 13.7 Å². The minimum Gasteiger partial charge on any atom is -0.239 e. The molecule has 0 spiro atoms. The van der Waals surface area contributed by atoms with Crippen LogP contribution < -0.4 is 4.57 Å². The summed E-state index contributed by atoms with van der Waals surface area (Å²) in [5, 5.41) is 0. The van der Waals surface area contributed by atoms with Crippen LogP contribution in [0.5, 0.6) is 0 Å². The van der Waals surface area contributed by atoms with E-state index in [-0.39, 0.29) is 0 Å². The molecule has 0 bridgehead atoms. The van der Waals surface area contributed by atoms with E-state index in [0.717, 1.165) is 0 Å². The van der Waals surface area contributed by atoms with E-state index in [0.29, 0.717) is 24.2 Å². The van der Waals surface area contributed by atoms with Gasteiger partial charge in [0.15, 0.2) is 0 Å². The first-order valence-corrected chi connectivity index (χ1v) is 9.26. The molecule has 0 aliphatic carbocycles. The molecule has 122 valence electrons. The zero-order chi connectivity index (χ0) is 16.3. The molecule has 0 unspecified atom stereocenters. The fourth-order valence-electron chi connectivity index (χ4n) is 2.92. The highest BCUT2D eigenvalue weighted by atomic mass is 31.2. The van der Waals surface area contributed by atoms with E-state index in [2.05, 4.69) is 99.4 Å². The van der Waals surface area contributed by atoms with Crippen LogP contribution in [0.1, 0.15) is 55.4 Å². The molecule has 1 aromatic rings. The van der Waals surface area contributed by atoms with Gasteiger partial charge in [-0.25, -0.2) is 13.9 Å². The van der Waals surface area contributed by atoms with Crippen LogP contribution in [-0.4, -0.2) is 37.8 Å². The molecule has 0 fully saturated rings.